The fraction of sp³-hybridized carbons (Fsp3) is 0.214. The standard InChI is InChI=1S/C14H16N2O4/c1-3-7-11(17)20-12(10-8-5-4-6-9-10)13(18)16-14(19)15-2/h3-9,12H,1-2H3,(H2,15,16,18,19)/b7-3+. The Labute approximate surface area is 116 Å². The van der Waals surface area contributed by atoms with E-state index >= 15 is 0 Å². The van der Waals surface area contributed by atoms with Gasteiger partial charge in [0.15, 0.2) is 0 Å². The van der Waals surface area contributed by atoms with E-state index in [0.717, 1.165) is 0 Å². The van der Waals surface area contributed by atoms with Crippen molar-refractivity contribution in [2.45, 2.75) is 13.0 Å². The second-order valence-electron chi connectivity index (χ2n) is 3.80. The first-order chi connectivity index (χ1) is 9.58. The second-order valence-corrected chi connectivity index (χ2v) is 3.80. The number of allylic oxidation sites excluding steroid dienone is 1. The Morgan fingerprint density at radius 1 is 1.20 bits per heavy atom. The lowest BCUT2D eigenvalue weighted by Crippen LogP contribution is -2.41. The number of hydrogen-bond acceptors (Lipinski definition) is 4. The van der Waals surface area contributed by atoms with E-state index in [1.54, 1.807) is 37.3 Å². The van der Waals surface area contributed by atoms with Crippen molar-refractivity contribution >= 4 is 17.9 Å². The molecule has 6 nitrogen and oxygen atoms in total. The molecule has 0 spiro atoms. The van der Waals surface area contributed by atoms with Crippen LogP contribution >= 0.6 is 0 Å². The van der Waals surface area contributed by atoms with Gasteiger partial charge in [0.1, 0.15) is 0 Å². The second kappa shape index (κ2) is 7.73. The van der Waals surface area contributed by atoms with Gasteiger partial charge in [0.05, 0.1) is 0 Å². The van der Waals surface area contributed by atoms with Crippen molar-refractivity contribution in [2.24, 2.45) is 0 Å². The maximum Gasteiger partial charge on any atom is 0.331 e. The van der Waals surface area contributed by atoms with Gasteiger partial charge in [-0.2, -0.15) is 0 Å². The molecule has 0 radical (unpaired) electrons. The minimum Gasteiger partial charge on any atom is -0.444 e. The highest BCUT2D eigenvalue weighted by Crippen LogP contribution is 2.17. The molecule has 0 aliphatic heterocycles. The van der Waals surface area contributed by atoms with Crippen LogP contribution < -0.4 is 10.6 Å². The summed E-state index contributed by atoms with van der Waals surface area (Å²) in [5, 5.41) is 4.34. The monoisotopic (exact) mass is 276 g/mol. The zero-order chi connectivity index (χ0) is 15.0. The third-order valence-corrected chi connectivity index (χ3v) is 2.34. The van der Waals surface area contributed by atoms with Gasteiger partial charge in [0.25, 0.3) is 5.91 Å². The summed E-state index contributed by atoms with van der Waals surface area (Å²) in [6.45, 7) is 1.66. The van der Waals surface area contributed by atoms with Crippen LogP contribution in [0.25, 0.3) is 0 Å². The number of ether oxygens (including phenoxy) is 1. The Balaban J connectivity index is 2.92. The summed E-state index contributed by atoms with van der Waals surface area (Å²) in [6.07, 6.45) is 1.52. The van der Waals surface area contributed by atoms with Crippen molar-refractivity contribution < 1.29 is 19.1 Å². The molecule has 0 aliphatic rings. The Morgan fingerprint density at radius 3 is 2.40 bits per heavy atom. The van der Waals surface area contributed by atoms with E-state index in [0.29, 0.717) is 5.56 Å². The zero-order valence-corrected chi connectivity index (χ0v) is 11.3. The number of esters is 1. The molecule has 6 heteroatoms. The number of urea groups is 1. The SMILES string of the molecule is C/C=C/C(=O)OC(C(=O)NC(=O)NC)c1ccccc1. The molecule has 0 aliphatic carbocycles. The molecule has 1 atom stereocenters. The minimum absolute atomic E-state index is 0.478. The van der Waals surface area contributed by atoms with E-state index in [1.807, 2.05) is 0 Å². The van der Waals surface area contributed by atoms with Gasteiger partial charge in [0.2, 0.25) is 6.10 Å². The van der Waals surface area contributed by atoms with Crippen LogP contribution in [0.5, 0.6) is 0 Å². The lowest BCUT2D eigenvalue weighted by atomic mass is 10.1. The first kappa shape index (κ1) is 15.4. The molecule has 1 aromatic rings. The quantitative estimate of drug-likeness (QED) is 0.641. The zero-order valence-electron chi connectivity index (χ0n) is 11.3. The van der Waals surface area contributed by atoms with Gasteiger partial charge >= 0.3 is 12.0 Å². The molecule has 20 heavy (non-hydrogen) atoms. The molecular formula is C14H16N2O4. The fourth-order valence-electron chi connectivity index (χ4n) is 1.43. The van der Waals surface area contributed by atoms with Crippen molar-refractivity contribution in [3.05, 3.63) is 48.0 Å². The van der Waals surface area contributed by atoms with E-state index in [9.17, 15) is 14.4 Å². The topological polar surface area (TPSA) is 84.5 Å². The van der Waals surface area contributed by atoms with E-state index in [4.69, 9.17) is 4.74 Å². The molecule has 0 bridgehead atoms. The largest absolute Gasteiger partial charge is 0.444 e. The highest BCUT2D eigenvalue weighted by Gasteiger charge is 2.25. The maximum atomic E-state index is 12.0. The molecular weight excluding hydrogens is 260 g/mol. The summed E-state index contributed by atoms with van der Waals surface area (Å²) in [4.78, 5) is 34.6. The highest BCUT2D eigenvalue weighted by atomic mass is 16.5. The van der Waals surface area contributed by atoms with E-state index in [-0.39, 0.29) is 0 Å². The van der Waals surface area contributed by atoms with Gasteiger partial charge in [-0.3, -0.25) is 10.1 Å². The van der Waals surface area contributed by atoms with Gasteiger partial charge in [0, 0.05) is 18.7 Å². The lowest BCUT2D eigenvalue weighted by molar-refractivity contribution is -0.151. The van der Waals surface area contributed by atoms with Crippen LogP contribution in [-0.2, 0) is 14.3 Å². The molecule has 0 aromatic heterocycles. The fourth-order valence-corrected chi connectivity index (χ4v) is 1.43. The van der Waals surface area contributed by atoms with Gasteiger partial charge in [-0.05, 0) is 6.92 Å². The average Bonchev–Trinajstić information content (AvgIpc) is 2.45. The summed E-state index contributed by atoms with van der Waals surface area (Å²) in [5.74, 6) is -1.37. The molecule has 2 N–H and O–H groups in total. The van der Waals surface area contributed by atoms with Crippen LogP contribution in [0.3, 0.4) is 0 Å². The predicted molar refractivity (Wildman–Crippen MR) is 72.7 cm³/mol. The van der Waals surface area contributed by atoms with Crippen LogP contribution in [0, 0.1) is 0 Å². The number of benzene rings is 1. The van der Waals surface area contributed by atoms with Crippen molar-refractivity contribution in [3.63, 3.8) is 0 Å². The Hall–Kier alpha value is -2.63. The number of amides is 3. The lowest BCUT2D eigenvalue weighted by Gasteiger charge is -2.16. The molecule has 0 heterocycles. The first-order valence-electron chi connectivity index (χ1n) is 5.99. The smallest absolute Gasteiger partial charge is 0.331 e. The molecule has 106 valence electrons. The van der Waals surface area contributed by atoms with Gasteiger partial charge < -0.3 is 10.1 Å². The van der Waals surface area contributed by atoms with Crippen molar-refractivity contribution in [1.82, 2.24) is 10.6 Å². The Morgan fingerprint density at radius 2 is 1.85 bits per heavy atom. The minimum atomic E-state index is -1.18. The highest BCUT2D eigenvalue weighted by molar-refractivity contribution is 5.98. The van der Waals surface area contributed by atoms with Crippen LogP contribution in [0.2, 0.25) is 0 Å². The molecule has 3 amide bonds. The number of nitrogens with one attached hydrogen (secondary N) is 2. The van der Waals surface area contributed by atoms with Gasteiger partial charge in [-0.25, -0.2) is 9.59 Å². The normalized spacial score (nSPS) is 11.7. The maximum absolute atomic E-state index is 12.0. The summed E-state index contributed by atoms with van der Waals surface area (Å²) < 4.78 is 5.07. The molecule has 1 aromatic carbocycles. The number of carbonyl (C=O) groups excluding carboxylic acids is 3. The van der Waals surface area contributed by atoms with E-state index in [2.05, 4.69) is 10.6 Å². The first-order valence-corrected chi connectivity index (χ1v) is 5.99. The Kier molecular flexibility index (Phi) is 5.96. The van der Waals surface area contributed by atoms with E-state index < -0.39 is 24.0 Å². The third kappa shape index (κ3) is 4.56. The third-order valence-electron chi connectivity index (χ3n) is 2.34. The molecule has 0 saturated carbocycles. The summed E-state index contributed by atoms with van der Waals surface area (Å²) >= 11 is 0. The summed E-state index contributed by atoms with van der Waals surface area (Å²) in [6, 6.07) is 7.79. The molecule has 0 saturated heterocycles. The van der Waals surface area contributed by atoms with Crippen LogP contribution in [0.1, 0.15) is 18.6 Å². The Bertz CT molecular complexity index is 511. The van der Waals surface area contributed by atoms with Crippen molar-refractivity contribution in [3.8, 4) is 0 Å². The van der Waals surface area contributed by atoms with Crippen molar-refractivity contribution in [2.75, 3.05) is 7.05 Å². The summed E-state index contributed by atoms with van der Waals surface area (Å²) in [5.41, 5.74) is 0.478. The number of rotatable bonds is 4. The molecule has 1 unspecified atom stereocenters. The summed E-state index contributed by atoms with van der Waals surface area (Å²) in [7, 11) is 1.38. The van der Waals surface area contributed by atoms with Crippen LogP contribution in [0.4, 0.5) is 4.79 Å². The van der Waals surface area contributed by atoms with Crippen LogP contribution in [0.15, 0.2) is 42.5 Å². The predicted octanol–water partition coefficient (Wildman–Crippen LogP) is 1.30. The average molecular weight is 276 g/mol. The molecule has 0 fully saturated rings. The molecule has 1 rings (SSSR count). The number of carbonyl (C=O) groups is 3. The van der Waals surface area contributed by atoms with E-state index in [1.165, 1.54) is 19.2 Å². The number of hydrogen-bond donors (Lipinski definition) is 2. The van der Waals surface area contributed by atoms with Crippen LogP contribution in [-0.4, -0.2) is 25.0 Å². The van der Waals surface area contributed by atoms with Gasteiger partial charge in [-0.15, -0.1) is 0 Å². The van der Waals surface area contributed by atoms with Crippen molar-refractivity contribution in [1.29, 1.82) is 0 Å². The van der Waals surface area contributed by atoms with Gasteiger partial charge in [-0.1, -0.05) is 36.4 Å². The number of imide groups is 1.